The first kappa shape index (κ1) is 11.0. The molecule has 78 valence electrons. The zero-order valence-corrected chi connectivity index (χ0v) is 8.83. The second kappa shape index (κ2) is 4.96. The molecule has 1 aromatic rings. The number of benzene rings is 1. The summed E-state index contributed by atoms with van der Waals surface area (Å²) in [5, 5.41) is 0. The standard InChI is InChI=1S/C11H16FNO/c1-9(2)13(8-14-3)11-7-5-4-6-10(11)12/h4-7,9H,8H2,1-3H3. The molecule has 3 heteroatoms. The average molecular weight is 197 g/mol. The van der Waals surface area contributed by atoms with Crippen molar-refractivity contribution in [2.45, 2.75) is 19.9 Å². The van der Waals surface area contributed by atoms with Crippen LogP contribution in [0.3, 0.4) is 0 Å². The van der Waals surface area contributed by atoms with Crippen LogP contribution in [0.15, 0.2) is 24.3 Å². The zero-order valence-electron chi connectivity index (χ0n) is 8.83. The summed E-state index contributed by atoms with van der Waals surface area (Å²) >= 11 is 0. The summed E-state index contributed by atoms with van der Waals surface area (Å²) in [6.07, 6.45) is 0. The molecule has 0 amide bonds. The second-order valence-corrected chi connectivity index (χ2v) is 3.43. The van der Waals surface area contributed by atoms with Gasteiger partial charge < -0.3 is 9.64 Å². The van der Waals surface area contributed by atoms with Gasteiger partial charge in [0.15, 0.2) is 0 Å². The van der Waals surface area contributed by atoms with Crippen molar-refractivity contribution >= 4 is 5.69 Å². The lowest BCUT2D eigenvalue weighted by atomic mass is 10.2. The predicted octanol–water partition coefficient (Wildman–Crippen LogP) is 2.64. The van der Waals surface area contributed by atoms with E-state index in [-0.39, 0.29) is 11.9 Å². The third-order valence-corrected chi connectivity index (χ3v) is 2.05. The first-order valence-electron chi connectivity index (χ1n) is 4.67. The molecule has 0 bridgehead atoms. The van der Waals surface area contributed by atoms with Crippen molar-refractivity contribution in [3.63, 3.8) is 0 Å². The topological polar surface area (TPSA) is 12.5 Å². The van der Waals surface area contributed by atoms with Gasteiger partial charge in [-0.15, -0.1) is 0 Å². The second-order valence-electron chi connectivity index (χ2n) is 3.43. The van der Waals surface area contributed by atoms with Crippen LogP contribution < -0.4 is 4.90 Å². The molecule has 14 heavy (non-hydrogen) atoms. The number of hydrogen-bond acceptors (Lipinski definition) is 2. The summed E-state index contributed by atoms with van der Waals surface area (Å²) in [7, 11) is 1.61. The molecule has 0 spiro atoms. The Hall–Kier alpha value is -1.09. The third-order valence-electron chi connectivity index (χ3n) is 2.05. The van der Waals surface area contributed by atoms with Crippen LogP contribution in [0.5, 0.6) is 0 Å². The van der Waals surface area contributed by atoms with E-state index in [9.17, 15) is 4.39 Å². The Morgan fingerprint density at radius 2 is 2.00 bits per heavy atom. The Labute approximate surface area is 84.3 Å². The highest BCUT2D eigenvalue weighted by Gasteiger charge is 2.13. The summed E-state index contributed by atoms with van der Waals surface area (Å²) in [5.74, 6) is -0.210. The first-order chi connectivity index (χ1) is 6.66. The number of nitrogens with zero attached hydrogens (tertiary/aromatic N) is 1. The van der Waals surface area contributed by atoms with E-state index in [1.54, 1.807) is 19.2 Å². The van der Waals surface area contributed by atoms with Crippen LogP contribution in [-0.2, 0) is 4.74 Å². The molecule has 1 aromatic carbocycles. The average Bonchev–Trinajstić information content (AvgIpc) is 2.15. The van der Waals surface area contributed by atoms with Crippen molar-refractivity contribution in [1.82, 2.24) is 0 Å². The molecule has 0 aliphatic heterocycles. The molecular weight excluding hydrogens is 181 g/mol. The van der Waals surface area contributed by atoms with Crippen LogP contribution in [0.4, 0.5) is 10.1 Å². The highest BCUT2D eigenvalue weighted by molar-refractivity contribution is 5.47. The van der Waals surface area contributed by atoms with Crippen molar-refractivity contribution in [3.8, 4) is 0 Å². The summed E-state index contributed by atoms with van der Waals surface area (Å²) in [4.78, 5) is 1.87. The van der Waals surface area contributed by atoms with Gasteiger partial charge in [0, 0.05) is 13.2 Å². The number of anilines is 1. The van der Waals surface area contributed by atoms with Crippen LogP contribution in [0.2, 0.25) is 0 Å². The van der Waals surface area contributed by atoms with Gasteiger partial charge in [-0.2, -0.15) is 0 Å². The number of ether oxygens (including phenoxy) is 1. The molecule has 0 aromatic heterocycles. The van der Waals surface area contributed by atoms with Crippen molar-refractivity contribution in [3.05, 3.63) is 30.1 Å². The summed E-state index contributed by atoms with van der Waals surface area (Å²) in [6, 6.07) is 6.94. The maximum Gasteiger partial charge on any atom is 0.146 e. The molecule has 0 atom stereocenters. The fourth-order valence-corrected chi connectivity index (χ4v) is 1.32. The van der Waals surface area contributed by atoms with Crippen LogP contribution in [0, 0.1) is 5.82 Å². The van der Waals surface area contributed by atoms with Crippen LogP contribution >= 0.6 is 0 Å². The Balaban J connectivity index is 2.93. The molecule has 0 radical (unpaired) electrons. The van der Waals surface area contributed by atoms with Gasteiger partial charge in [0.1, 0.15) is 12.5 Å². The maximum atomic E-state index is 13.4. The lowest BCUT2D eigenvalue weighted by Gasteiger charge is -2.28. The Bertz CT molecular complexity index is 288. The Morgan fingerprint density at radius 3 is 2.50 bits per heavy atom. The molecule has 1 rings (SSSR count). The van der Waals surface area contributed by atoms with Crippen LogP contribution in [0.25, 0.3) is 0 Å². The van der Waals surface area contributed by atoms with Gasteiger partial charge in [0.05, 0.1) is 5.69 Å². The molecule has 0 saturated carbocycles. The minimum Gasteiger partial charge on any atom is -0.364 e. The molecule has 0 aliphatic rings. The third kappa shape index (κ3) is 2.45. The van der Waals surface area contributed by atoms with Gasteiger partial charge in [-0.05, 0) is 26.0 Å². The summed E-state index contributed by atoms with van der Waals surface area (Å²) < 4.78 is 18.5. The SMILES string of the molecule is COCN(c1ccccc1F)C(C)C. The van der Waals surface area contributed by atoms with Gasteiger partial charge in [-0.3, -0.25) is 0 Å². The normalized spacial score (nSPS) is 10.6. The molecule has 0 unspecified atom stereocenters. The number of rotatable bonds is 4. The van der Waals surface area contributed by atoms with Crippen LogP contribution in [-0.4, -0.2) is 19.9 Å². The first-order valence-corrected chi connectivity index (χ1v) is 4.67. The van der Waals surface area contributed by atoms with Crippen molar-refractivity contribution in [1.29, 1.82) is 0 Å². The van der Waals surface area contributed by atoms with E-state index in [1.165, 1.54) is 6.07 Å². The van der Waals surface area contributed by atoms with E-state index in [2.05, 4.69) is 0 Å². The largest absolute Gasteiger partial charge is 0.364 e. The number of hydrogen-bond donors (Lipinski definition) is 0. The van der Waals surface area contributed by atoms with E-state index in [4.69, 9.17) is 4.74 Å². The number of halogens is 1. The Morgan fingerprint density at radius 1 is 1.36 bits per heavy atom. The minimum atomic E-state index is -0.210. The zero-order chi connectivity index (χ0) is 10.6. The molecule has 2 nitrogen and oxygen atoms in total. The fourth-order valence-electron chi connectivity index (χ4n) is 1.32. The lowest BCUT2D eigenvalue weighted by molar-refractivity contribution is 0.191. The lowest BCUT2D eigenvalue weighted by Crippen LogP contribution is -2.33. The molecule has 0 aliphatic carbocycles. The number of para-hydroxylation sites is 1. The van der Waals surface area contributed by atoms with Crippen molar-refractivity contribution in [2.75, 3.05) is 18.7 Å². The molecule has 0 saturated heterocycles. The van der Waals surface area contributed by atoms with Gasteiger partial charge in [-0.25, -0.2) is 4.39 Å². The quantitative estimate of drug-likeness (QED) is 0.688. The molecule has 0 heterocycles. The highest BCUT2D eigenvalue weighted by atomic mass is 19.1. The molecule has 0 N–H and O–H groups in total. The maximum absolute atomic E-state index is 13.4. The Kier molecular flexibility index (Phi) is 3.89. The van der Waals surface area contributed by atoms with E-state index in [0.717, 1.165) is 0 Å². The minimum absolute atomic E-state index is 0.210. The van der Waals surface area contributed by atoms with Gasteiger partial charge in [0.25, 0.3) is 0 Å². The highest BCUT2D eigenvalue weighted by Crippen LogP contribution is 2.20. The smallest absolute Gasteiger partial charge is 0.146 e. The van der Waals surface area contributed by atoms with E-state index in [1.807, 2.05) is 24.8 Å². The van der Waals surface area contributed by atoms with E-state index in [0.29, 0.717) is 12.4 Å². The summed E-state index contributed by atoms with van der Waals surface area (Å²) in [5.41, 5.74) is 0.587. The van der Waals surface area contributed by atoms with E-state index < -0.39 is 0 Å². The summed E-state index contributed by atoms with van der Waals surface area (Å²) in [6.45, 7) is 4.41. The number of methoxy groups -OCH3 is 1. The molecule has 0 fully saturated rings. The van der Waals surface area contributed by atoms with Gasteiger partial charge >= 0.3 is 0 Å². The van der Waals surface area contributed by atoms with Gasteiger partial charge in [-0.1, -0.05) is 12.1 Å². The van der Waals surface area contributed by atoms with Crippen molar-refractivity contribution in [2.24, 2.45) is 0 Å². The fraction of sp³-hybridized carbons (Fsp3) is 0.455. The van der Waals surface area contributed by atoms with Crippen molar-refractivity contribution < 1.29 is 9.13 Å². The van der Waals surface area contributed by atoms with Gasteiger partial charge in [0.2, 0.25) is 0 Å². The van der Waals surface area contributed by atoms with Crippen LogP contribution in [0.1, 0.15) is 13.8 Å². The van der Waals surface area contributed by atoms with E-state index >= 15 is 0 Å². The molecular formula is C11H16FNO. The predicted molar refractivity (Wildman–Crippen MR) is 55.9 cm³/mol. The monoisotopic (exact) mass is 197 g/mol.